The van der Waals surface area contributed by atoms with Gasteiger partial charge >= 0.3 is 0 Å². The van der Waals surface area contributed by atoms with Gasteiger partial charge in [0.1, 0.15) is 0 Å². The molecule has 1 aliphatic rings. The number of aliphatic hydroxyl groups excluding tert-OH is 1. The predicted octanol–water partition coefficient (Wildman–Crippen LogP) is 1.65. The number of carbonyl (C=O) groups is 1. The third kappa shape index (κ3) is 3.49. The first kappa shape index (κ1) is 12.5. The summed E-state index contributed by atoms with van der Waals surface area (Å²) < 4.78 is 0. The van der Waals surface area contributed by atoms with E-state index >= 15 is 0 Å². The van der Waals surface area contributed by atoms with Gasteiger partial charge in [-0.05, 0) is 25.2 Å². The van der Waals surface area contributed by atoms with E-state index < -0.39 is 0 Å². The number of likely N-dealkylation sites (tertiary alicyclic amines) is 1. The van der Waals surface area contributed by atoms with Crippen LogP contribution < -0.4 is 0 Å². The largest absolute Gasteiger partial charge is 0.396 e. The minimum absolute atomic E-state index is 0.255. The minimum atomic E-state index is -0.260. The minimum Gasteiger partial charge on any atom is -0.396 e. The zero-order valence-electron chi connectivity index (χ0n) is 10.1. The topological polar surface area (TPSA) is 40.5 Å². The highest BCUT2D eigenvalue weighted by Crippen LogP contribution is 2.24. The molecule has 1 amide bonds. The molecule has 0 atom stereocenters. The average Bonchev–Trinajstić information content (AvgIpc) is 2.17. The Kier molecular flexibility index (Phi) is 4.14. The molecule has 0 aliphatic carbocycles. The van der Waals surface area contributed by atoms with Gasteiger partial charge < -0.3 is 10.0 Å². The number of rotatable bonds is 2. The maximum absolute atomic E-state index is 12.0. The smallest absolute Gasteiger partial charge is 0.227 e. The molecule has 88 valence electrons. The molecule has 0 radical (unpaired) electrons. The first-order valence-corrected chi connectivity index (χ1v) is 5.85. The summed E-state index contributed by atoms with van der Waals surface area (Å²) in [5.41, 5.74) is -0.260. The average molecular weight is 213 g/mol. The maximum Gasteiger partial charge on any atom is 0.227 e. The Morgan fingerprint density at radius 2 is 1.87 bits per heavy atom. The normalized spacial score (nSPS) is 19.3. The molecule has 1 N–H and O–H groups in total. The van der Waals surface area contributed by atoms with Crippen LogP contribution in [-0.4, -0.2) is 35.6 Å². The van der Waals surface area contributed by atoms with Crippen molar-refractivity contribution >= 4 is 5.91 Å². The SMILES string of the molecule is CC(C)(C)C(=O)N1CCC(CCO)CC1. The summed E-state index contributed by atoms with van der Waals surface area (Å²) in [6.07, 6.45) is 2.97. The van der Waals surface area contributed by atoms with Crippen molar-refractivity contribution in [2.24, 2.45) is 11.3 Å². The Labute approximate surface area is 92.5 Å². The van der Waals surface area contributed by atoms with E-state index in [0.717, 1.165) is 32.4 Å². The van der Waals surface area contributed by atoms with Crippen molar-refractivity contribution in [2.45, 2.75) is 40.0 Å². The lowest BCUT2D eigenvalue weighted by molar-refractivity contribution is -0.140. The molecule has 0 unspecified atom stereocenters. The van der Waals surface area contributed by atoms with Crippen LogP contribution >= 0.6 is 0 Å². The molecule has 0 aromatic heterocycles. The van der Waals surface area contributed by atoms with Gasteiger partial charge in [0.25, 0.3) is 0 Å². The van der Waals surface area contributed by atoms with E-state index in [1.807, 2.05) is 25.7 Å². The molecule has 0 saturated carbocycles. The molecule has 1 heterocycles. The molecule has 1 aliphatic heterocycles. The second kappa shape index (κ2) is 4.97. The zero-order valence-corrected chi connectivity index (χ0v) is 10.1. The summed E-state index contributed by atoms with van der Waals surface area (Å²) in [6, 6.07) is 0. The van der Waals surface area contributed by atoms with Crippen LogP contribution in [0.4, 0.5) is 0 Å². The first-order chi connectivity index (χ1) is 6.95. The Hall–Kier alpha value is -0.570. The van der Waals surface area contributed by atoms with E-state index in [-0.39, 0.29) is 17.9 Å². The van der Waals surface area contributed by atoms with Gasteiger partial charge in [0.05, 0.1) is 0 Å². The van der Waals surface area contributed by atoms with Crippen molar-refractivity contribution in [3.63, 3.8) is 0 Å². The van der Waals surface area contributed by atoms with Crippen molar-refractivity contribution in [3.8, 4) is 0 Å². The van der Waals surface area contributed by atoms with Gasteiger partial charge in [-0.15, -0.1) is 0 Å². The van der Waals surface area contributed by atoms with E-state index in [9.17, 15) is 4.79 Å². The van der Waals surface area contributed by atoms with Crippen molar-refractivity contribution in [3.05, 3.63) is 0 Å². The van der Waals surface area contributed by atoms with Gasteiger partial charge in [-0.1, -0.05) is 20.8 Å². The Morgan fingerprint density at radius 3 is 2.27 bits per heavy atom. The van der Waals surface area contributed by atoms with Crippen LogP contribution in [0.15, 0.2) is 0 Å². The molecular weight excluding hydrogens is 190 g/mol. The van der Waals surface area contributed by atoms with Crippen molar-refractivity contribution < 1.29 is 9.90 Å². The second-order valence-electron chi connectivity index (χ2n) is 5.50. The maximum atomic E-state index is 12.0. The van der Waals surface area contributed by atoms with Gasteiger partial charge in [0.2, 0.25) is 5.91 Å². The number of piperidine rings is 1. The van der Waals surface area contributed by atoms with Gasteiger partial charge in [-0.25, -0.2) is 0 Å². The van der Waals surface area contributed by atoms with E-state index in [1.165, 1.54) is 0 Å². The fourth-order valence-electron chi connectivity index (χ4n) is 2.08. The van der Waals surface area contributed by atoms with Crippen molar-refractivity contribution in [1.29, 1.82) is 0 Å². The summed E-state index contributed by atoms with van der Waals surface area (Å²) in [7, 11) is 0. The number of nitrogens with zero attached hydrogens (tertiary/aromatic N) is 1. The Bertz CT molecular complexity index is 212. The van der Waals surface area contributed by atoms with Crippen LogP contribution in [0.5, 0.6) is 0 Å². The van der Waals surface area contributed by atoms with E-state index in [1.54, 1.807) is 0 Å². The lowest BCUT2D eigenvalue weighted by atomic mass is 9.90. The highest BCUT2D eigenvalue weighted by molar-refractivity contribution is 5.81. The second-order valence-corrected chi connectivity index (χ2v) is 5.50. The molecule has 3 nitrogen and oxygen atoms in total. The molecule has 1 saturated heterocycles. The van der Waals surface area contributed by atoms with Crippen molar-refractivity contribution in [1.82, 2.24) is 4.90 Å². The molecule has 0 spiro atoms. The molecule has 0 bridgehead atoms. The summed E-state index contributed by atoms with van der Waals surface area (Å²) in [4.78, 5) is 13.9. The van der Waals surface area contributed by atoms with E-state index in [0.29, 0.717) is 5.92 Å². The number of hydrogen-bond acceptors (Lipinski definition) is 2. The van der Waals surface area contributed by atoms with Gasteiger partial charge in [0, 0.05) is 25.1 Å². The van der Waals surface area contributed by atoms with E-state index in [2.05, 4.69) is 0 Å². The van der Waals surface area contributed by atoms with Gasteiger partial charge in [-0.3, -0.25) is 4.79 Å². The van der Waals surface area contributed by atoms with Crippen LogP contribution in [0.3, 0.4) is 0 Å². The fraction of sp³-hybridized carbons (Fsp3) is 0.917. The van der Waals surface area contributed by atoms with Crippen LogP contribution in [-0.2, 0) is 4.79 Å². The molecule has 15 heavy (non-hydrogen) atoms. The highest BCUT2D eigenvalue weighted by atomic mass is 16.3. The van der Waals surface area contributed by atoms with Gasteiger partial charge in [-0.2, -0.15) is 0 Å². The third-order valence-corrected chi connectivity index (χ3v) is 3.08. The summed E-state index contributed by atoms with van der Waals surface area (Å²) in [6.45, 7) is 7.90. The van der Waals surface area contributed by atoms with Crippen LogP contribution in [0.25, 0.3) is 0 Å². The number of amides is 1. The fourth-order valence-corrected chi connectivity index (χ4v) is 2.08. The molecule has 1 fully saturated rings. The Morgan fingerprint density at radius 1 is 1.33 bits per heavy atom. The zero-order chi connectivity index (χ0) is 11.5. The molecule has 1 rings (SSSR count). The third-order valence-electron chi connectivity index (χ3n) is 3.08. The number of hydrogen-bond donors (Lipinski definition) is 1. The quantitative estimate of drug-likeness (QED) is 0.757. The van der Waals surface area contributed by atoms with Crippen molar-refractivity contribution in [2.75, 3.05) is 19.7 Å². The molecule has 0 aromatic carbocycles. The molecular formula is C12H23NO2. The van der Waals surface area contributed by atoms with Gasteiger partial charge in [0.15, 0.2) is 0 Å². The number of aliphatic hydroxyl groups is 1. The lowest BCUT2D eigenvalue weighted by Crippen LogP contribution is -2.44. The Balaban J connectivity index is 2.41. The lowest BCUT2D eigenvalue weighted by Gasteiger charge is -2.35. The molecule has 3 heteroatoms. The highest BCUT2D eigenvalue weighted by Gasteiger charge is 2.29. The molecule has 0 aromatic rings. The summed E-state index contributed by atoms with van der Waals surface area (Å²) in [5, 5.41) is 8.84. The number of carbonyl (C=O) groups excluding carboxylic acids is 1. The van der Waals surface area contributed by atoms with E-state index in [4.69, 9.17) is 5.11 Å². The van der Waals surface area contributed by atoms with Crippen LogP contribution in [0.2, 0.25) is 0 Å². The predicted molar refractivity (Wildman–Crippen MR) is 60.5 cm³/mol. The monoisotopic (exact) mass is 213 g/mol. The standard InChI is InChI=1S/C12H23NO2/c1-12(2,3)11(15)13-7-4-10(5-8-13)6-9-14/h10,14H,4-9H2,1-3H3. The van der Waals surface area contributed by atoms with Crippen LogP contribution in [0.1, 0.15) is 40.0 Å². The summed E-state index contributed by atoms with van der Waals surface area (Å²) in [5.74, 6) is 0.865. The van der Waals surface area contributed by atoms with Crippen LogP contribution in [0, 0.1) is 11.3 Å². The first-order valence-electron chi connectivity index (χ1n) is 5.85. The summed E-state index contributed by atoms with van der Waals surface area (Å²) >= 11 is 0.